The first kappa shape index (κ1) is 37.9. The van der Waals surface area contributed by atoms with Crippen molar-refractivity contribution < 1.29 is 36.9 Å². The number of benzene rings is 3. The Balaban J connectivity index is 0.00000248. The predicted molar refractivity (Wildman–Crippen MR) is 191 cm³/mol. The number of hydrogen-bond donors (Lipinski definition) is 0. The Morgan fingerprint density at radius 1 is 0.804 bits per heavy atom. The van der Waals surface area contributed by atoms with Gasteiger partial charge in [0.1, 0.15) is 18.8 Å². The van der Waals surface area contributed by atoms with Crippen molar-refractivity contribution in [2.75, 3.05) is 58.3 Å². The van der Waals surface area contributed by atoms with Gasteiger partial charge in [0.05, 0.1) is 6.42 Å². The Morgan fingerprint density at radius 3 is 1.86 bits per heavy atom. The fourth-order valence-corrected chi connectivity index (χ4v) is 6.60. The van der Waals surface area contributed by atoms with Crippen molar-refractivity contribution in [2.45, 2.75) is 38.3 Å². The molecular weight excluding hydrogens is 670 g/mol. The van der Waals surface area contributed by atoms with E-state index in [4.69, 9.17) is 14.2 Å². The van der Waals surface area contributed by atoms with E-state index < -0.39 is 17.4 Å². The predicted octanol–water partition coefficient (Wildman–Crippen LogP) is 3.80. The number of rotatable bonds is 9. The summed E-state index contributed by atoms with van der Waals surface area (Å²) in [5, 5.41) is 0. The molecule has 3 aromatic rings. The van der Waals surface area contributed by atoms with E-state index in [-0.39, 0.29) is 37.2 Å². The van der Waals surface area contributed by atoms with Gasteiger partial charge in [-0.2, -0.15) is 0 Å². The average molecular weight is 713 g/mol. The first-order chi connectivity index (χ1) is 24.4. The Morgan fingerprint density at radius 2 is 1.33 bits per heavy atom. The first-order valence-electron chi connectivity index (χ1n) is 16.7. The first-order valence-corrected chi connectivity index (χ1v) is 17.1. The van der Waals surface area contributed by atoms with E-state index >= 15 is 0 Å². The van der Waals surface area contributed by atoms with Crippen molar-refractivity contribution in [3.05, 3.63) is 101 Å². The molecule has 3 heterocycles. The summed E-state index contributed by atoms with van der Waals surface area (Å²) >= 11 is 0.917. The summed E-state index contributed by atoms with van der Waals surface area (Å²) < 4.78 is 26.5. The van der Waals surface area contributed by atoms with Crippen molar-refractivity contribution in [3.8, 4) is 5.75 Å². The number of allylic oxidation sites excluding steroid dienone is 1. The van der Waals surface area contributed by atoms with Gasteiger partial charge in [0.2, 0.25) is 11.4 Å². The van der Waals surface area contributed by atoms with Gasteiger partial charge in [-0.05, 0) is 73.0 Å². The van der Waals surface area contributed by atoms with Gasteiger partial charge in [-0.3, -0.25) is 24.1 Å². The number of nitrogens with zero attached hydrogens (tertiary/aromatic N) is 4. The van der Waals surface area contributed by atoms with E-state index in [1.54, 1.807) is 30.3 Å². The maximum atomic E-state index is 12.7. The summed E-state index contributed by atoms with van der Waals surface area (Å²) in [6.07, 6.45) is 3.41. The van der Waals surface area contributed by atoms with Crippen LogP contribution in [0.4, 0.5) is 9.21 Å². The molecule has 0 radical (unpaired) electrons. The number of fused-ring (bicyclic) bond motifs is 3. The molecule has 13 heteroatoms. The van der Waals surface area contributed by atoms with E-state index in [0.29, 0.717) is 44.0 Å². The fraction of sp³-hybridized carbons (Fsp3) is 0.368. The Labute approximate surface area is 306 Å². The molecule has 3 fully saturated rings. The molecule has 0 saturated carbocycles. The quantitative estimate of drug-likeness (QED) is 0.106. The van der Waals surface area contributed by atoms with Gasteiger partial charge >= 0.3 is 38.2 Å². The van der Waals surface area contributed by atoms with Crippen molar-refractivity contribution in [1.29, 1.82) is 0 Å². The molecule has 0 spiro atoms. The molecule has 3 aliphatic heterocycles. The summed E-state index contributed by atoms with van der Waals surface area (Å²) in [7, 11) is 3.95. The van der Waals surface area contributed by atoms with Gasteiger partial charge in [-0.1, -0.05) is 42.5 Å². The van der Waals surface area contributed by atoms with Crippen LogP contribution in [0.25, 0.3) is 6.08 Å². The molecule has 2 atom stereocenters. The summed E-state index contributed by atoms with van der Waals surface area (Å²) in [6, 6.07) is 22.3. The van der Waals surface area contributed by atoms with Crippen LogP contribution in [0.2, 0.25) is 0 Å². The van der Waals surface area contributed by atoms with Crippen LogP contribution in [0, 0.1) is 0 Å². The van der Waals surface area contributed by atoms with Crippen molar-refractivity contribution in [1.82, 2.24) is 14.7 Å². The normalized spacial score (nSPS) is 22.4. The van der Waals surface area contributed by atoms with E-state index in [0.717, 1.165) is 39.1 Å². The summed E-state index contributed by atoms with van der Waals surface area (Å²) in [4.78, 5) is 58.3. The topological polar surface area (TPSA) is 109 Å². The second-order valence-electron chi connectivity index (χ2n) is 13.2. The van der Waals surface area contributed by atoms with Crippen molar-refractivity contribution >= 4 is 52.2 Å². The van der Waals surface area contributed by atoms with Crippen LogP contribution in [0.15, 0.2) is 78.9 Å². The molecule has 51 heavy (non-hydrogen) atoms. The third-order valence-corrected chi connectivity index (χ3v) is 9.69. The van der Waals surface area contributed by atoms with Crippen LogP contribution in [0.3, 0.4) is 0 Å². The number of esters is 3. The molecule has 0 aliphatic carbocycles. The van der Waals surface area contributed by atoms with Crippen LogP contribution >= 0.6 is 0 Å². The molecule has 3 aromatic carbocycles. The van der Waals surface area contributed by atoms with Gasteiger partial charge in [0.15, 0.2) is 5.78 Å². The SMILES string of the molecule is CN(C)c1ccc(/C=C/C(=O)c2ccc(OC(=O)Cc3ccc(CN4CCN5CC(=O)O[C@]5(C)[C@]5(C)OC(=O)CN5CC4)cc3)cc2)cc1.[F][Al+2]. The zero-order chi connectivity index (χ0) is 36.8. The number of carbonyl (C=O) groups is 4. The zero-order valence-corrected chi connectivity index (χ0v) is 30.5. The monoisotopic (exact) mass is 712 g/mol. The van der Waals surface area contributed by atoms with Crippen LogP contribution < -0.4 is 9.64 Å². The maximum absolute atomic E-state index is 12.7. The molecule has 0 unspecified atom stereocenters. The number of ketones is 1. The van der Waals surface area contributed by atoms with Crippen molar-refractivity contribution in [2.24, 2.45) is 0 Å². The molecule has 0 bridgehead atoms. The second-order valence-corrected chi connectivity index (χ2v) is 13.2. The van der Waals surface area contributed by atoms with Crippen LogP contribution in [-0.2, 0) is 36.8 Å². The average Bonchev–Trinajstić information content (AvgIpc) is 3.60. The van der Waals surface area contributed by atoms with E-state index in [2.05, 4.69) is 4.90 Å². The molecular formula is C38H42AlFN4O7+2. The van der Waals surface area contributed by atoms with Gasteiger partial charge in [-0.15, -0.1) is 0 Å². The molecule has 3 aliphatic rings. The Kier molecular flexibility index (Phi) is 12.1. The minimum absolute atomic E-state index is 0.100. The standard InChI is InChI=1S/C38H42N4O7.Al.FH/c1-37-38(2)42(26-36(46)49-38)22-20-40(19-21-41(37)25-35(45)48-37)24-29-7-5-28(6-8-29)23-34(44)47-32-16-12-30(13-17-32)33(43)18-11-27-9-14-31(15-10-27)39(3)4;;/h5-18H,19-26H2,1-4H3;;1H/q;+3;/p-1/b18-11+;;/t37-,38+;;. The molecule has 0 N–H and O–H groups in total. The molecule has 11 nitrogen and oxygen atoms in total. The van der Waals surface area contributed by atoms with Gasteiger partial charge in [0.25, 0.3) is 0 Å². The third-order valence-electron chi connectivity index (χ3n) is 9.69. The number of ether oxygens (including phenoxy) is 3. The van der Waals surface area contributed by atoms with E-state index in [1.807, 2.05) is 91.2 Å². The summed E-state index contributed by atoms with van der Waals surface area (Å²) in [6.45, 7) is 7.14. The number of halogens is 1. The molecule has 0 amide bonds. The van der Waals surface area contributed by atoms with Gasteiger partial charge in [-0.25, -0.2) is 9.80 Å². The Hall–Kier alpha value is -4.38. The summed E-state index contributed by atoms with van der Waals surface area (Å²) in [5.74, 6) is -0.823. The van der Waals surface area contributed by atoms with Gasteiger partial charge < -0.3 is 19.1 Å². The third kappa shape index (κ3) is 8.75. The van der Waals surface area contributed by atoms with Gasteiger partial charge in [0, 0.05) is 58.1 Å². The van der Waals surface area contributed by atoms with Crippen LogP contribution in [0.5, 0.6) is 5.75 Å². The van der Waals surface area contributed by atoms with Crippen LogP contribution in [-0.4, -0.2) is 120 Å². The number of carbonyl (C=O) groups excluding carboxylic acids is 4. The summed E-state index contributed by atoms with van der Waals surface area (Å²) in [5.41, 5.74) is 2.26. The molecule has 3 saturated heterocycles. The second kappa shape index (κ2) is 16.3. The molecule has 6 rings (SSSR count). The van der Waals surface area contributed by atoms with Crippen LogP contribution in [0.1, 0.15) is 40.9 Å². The zero-order valence-electron chi connectivity index (χ0n) is 29.3. The number of hydrogen-bond acceptors (Lipinski definition) is 11. The fourth-order valence-electron chi connectivity index (χ4n) is 6.60. The molecule has 264 valence electrons. The minimum atomic E-state index is -1.07. The van der Waals surface area contributed by atoms with E-state index in [1.165, 1.54) is 6.08 Å². The van der Waals surface area contributed by atoms with E-state index in [9.17, 15) is 22.7 Å². The Bertz CT molecular complexity index is 1710. The molecule has 0 aromatic heterocycles. The van der Waals surface area contributed by atoms with Crippen molar-refractivity contribution in [3.63, 3.8) is 0 Å². The number of anilines is 1.